The quantitative estimate of drug-likeness (QED) is 0.539. The molecule has 17 heavy (non-hydrogen) atoms. The standard InChI is InChI=1S/C14H20O3/c1-3-16-14(15)6-4-5-11-17-13-9-7-12(2)8-10-13/h7-10H,3-6,11H2,1-2H3. The predicted octanol–water partition coefficient (Wildman–Crippen LogP) is 3.11. The molecule has 1 rings (SSSR count). The zero-order valence-electron chi connectivity index (χ0n) is 10.6. The van der Waals surface area contributed by atoms with Crippen molar-refractivity contribution in [2.45, 2.75) is 33.1 Å². The molecular formula is C14H20O3. The van der Waals surface area contributed by atoms with Crippen LogP contribution in [0.3, 0.4) is 0 Å². The molecule has 0 spiro atoms. The SMILES string of the molecule is CCOC(=O)CCCCOc1ccc(C)cc1. The third-order valence-corrected chi connectivity index (χ3v) is 2.37. The summed E-state index contributed by atoms with van der Waals surface area (Å²) >= 11 is 0. The lowest BCUT2D eigenvalue weighted by Gasteiger charge is -2.06. The Morgan fingerprint density at radius 3 is 2.53 bits per heavy atom. The zero-order chi connectivity index (χ0) is 12.5. The number of carbonyl (C=O) groups is 1. The summed E-state index contributed by atoms with van der Waals surface area (Å²) in [7, 11) is 0. The number of hydrogen-bond acceptors (Lipinski definition) is 3. The summed E-state index contributed by atoms with van der Waals surface area (Å²) in [6, 6.07) is 7.96. The maximum Gasteiger partial charge on any atom is 0.305 e. The summed E-state index contributed by atoms with van der Waals surface area (Å²) in [5, 5.41) is 0. The molecule has 0 aromatic heterocycles. The highest BCUT2D eigenvalue weighted by Crippen LogP contribution is 2.12. The van der Waals surface area contributed by atoms with Crippen molar-refractivity contribution >= 4 is 5.97 Å². The molecule has 0 unspecified atom stereocenters. The Hall–Kier alpha value is -1.51. The number of hydrogen-bond donors (Lipinski definition) is 0. The Kier molecular flexibility index (Phi) is 6.15. The molecule has 0 bridgehead atoms. The third kappa shape index (κ3) is 5.95. The molecule has 0 saturated carbocycles. The van der Waals surface area contributed by atoms with Crippen LogP contribution in [0, 0.1) is 6.92 Å². The van der Waals surface area contributed by atoms with Crippen LogP contribution in [0.1, 0.15) is 31.7 Å². The normalized spacial score (nSPS) is 10.0. The topological polar surface area (TPSA) is 35.5 Å². The maximum absolute atomic E-state index is 11.1. The van der Waals surface area contributed by atoms with Crippen molar-refractivity contribution in [3.63, 3.8) is 0 Å². The van der Waals surface area contributed by atoms with E-state index in [0.717, 1.165) is 18.6 Å². The van der Waals surface area contributed by atoms with E-state index in [9.17, 15) is 4.79 Å². The Morgan fingerprint density at radius 2 is 1.88 bits per heavy atom. The lowest BCUT2D eigenvalue weighted by atomic mass is 10.2. The van der Waals surface area contributed by atoms with Crippen molar-refractivity contribution in [3.8, 4) is 5.75 Å². The van der Waals surface area contributed by atoms with E-state index in [0.29, 0.717) is 19.6 Å². The molecule has 0 amide bonds. The number of rotatable bonds is 7. The van der Waals surface area contributed by atoms with Gasteiger partial charge in [-0.1, -0.05) is 17.7 Å². The van der Waals surface area contributed by atoms with Gasteiger partial charge in [0.25, 0.3) is 0 Å². The van der Waals surface area contributed by atoms with Crippen molar-refractivity contribution in [2.75, 3.05) is 13.2 Å². The average molecular weight is 236 g/mol. The fourth-order valence-corrected chi connectivity index (χ4v) is 1.43. The lowest BCUT2D eigenvalue weighted by Crippen LogP contribution is -2.05. The van der Waals surface area contributed by atoms with Gasteiger partial charge in [-0.05, 0) is 38.8 Å². The number of unbranched alkanes of at least 4 members (excludes halogenated alkanes) is 1. The van der Waals surface area contributed by atoms with Crippen molar-refractivity contribution in [1.82, 2.24) is 0 Å². The number of ether oxygens (including phenoxy) is 2. The molecule has 0 aliphatic rings. The molecule has 0 aliphatic carbocycles. The van der Waals surface area contributed by atoms with E-state index in [4.69, 9.17) is 9.47 Å². The Labute approximate surface area is 103 Å². The smallest absolute Gasteiger partial charge is 0.305 e. The van der Waals surface area contributed by atoms with Crippen LogP contribution in [-0.2, 0) is 9.53 Å². The van der Waals surface area contributed by atoms with Crippen LogP contribution in [-0.4, -0.2) is 19.2 Å². The van der Waals surface area contributed by atoms with Gasteiger partial charge in [-0.15, -0.1) is 0 Å². The molecule has 0 atom stereocenters. The molecule has 3 nitrogen and oxygen atoms in total. The van der Waals surface area contributed by atoms with Crippen molar-refractivity contribution in [1.29, 1.82) is 0 Å². The van der Waals surface area contributed by atoms with E-state index in [-0.39, 0.29) is 5.97 Å². The molecule has 0 fully saturated rings. The van der Waals surface area contributed by atoms with E-state index in [1.807, 2.05) is 38.1 Å². The van der Waals surface area contributed by atoms with E-state index < -0.39 is 0 Å². The van der Waals surface area contributed by atoms with Crippen LogP contribution in [0.5, 0.6) is 5.75 Å². The second-order valence-corrected chi connectivity index (χ2v) is 3.92. The molecular weight excluding hydrogens is 216 g/mol. The number of aryl methyl sites for hydroxylation is 1. The second-order valence-electron chi connectivity index (χ2n) is 3.92. The summed E-state index contributed by atoms with van der Waals surface area (Å²) < 4.78 is 10.4. The van der Waals surface area contributed by atoms with Crippen molar-refractivity contribution in [2.24, 2.45) is 0 Å². The van der Waals surface area contributed by atoms with Crippen molar-refractivity contribution in [3.05, 3.63) is 29.8 Å². The second kappa shape index (κ2) is 7.71. The van der Waals surface area contributed by atoms with Crippen LogP contribution in [0.15, 0.2) is 24.3 Å². The summed E-state index contributed by atoms with van der Waals surface area (Å²) in [5.41, 5.74) is 1.22. The van der Waals surface area contributed by atoms with E-state index in [2.05, 4.69) is 0 Å². The van der Waals surface area contributed by atoms with Gasteiger partial charge in [0.05, 0.1) is 13.2 Å². The highest BCUT2D eigenvalue weighted by atomic mass is 16.5. The molecule has 0 radical (unpaired) electrons. The van der Waals surface area contributed by atoms with Gasteiger partial charge in [0, 0.05) is 6.42 Å². The fraction of sp³-hybridized carbons (Fsp3) is 0.500. The highest BCUT2D eigenvalue weighted by molar-refractivity contribution is 5.69. The molecule has 1 aromatic rings. The molecule has 3 heteroatoms. The first-order valence-electron chi connectivity index (χ1n) is 6.07. The molecule has 0 heterocycles. The van der Waals surface area contributed by atoms with Gasteiger partial charge in [0.2, 0.25) is 0 Å². The summed E-state index contributed by atoms with van der Waals surface area (Å²) in [4.78, 5) is 11.1. The van der Waals surface area contributed by atoms with Gasteiger partial charge in [-0.3, -0.25) is 4.79 Å². The van der Waals surface area contributed by atoms with E-state index in [1.54, 1.807) is 0 Å². The fourth-order valence-electron chi connectivity index (χ4n) is 1.43. The van der Waals surface area contributed by atoms with Gasteiger partial charge >= 0.3 is 5.97 Å². The number of benzene rings is 1. The minimum atomic E-state index is -0.122. The van der Waals surface area contributed by atoms with Crippen LogP contribution in [0.2, 0.25) is 0 Å². The van der Waals surface area contributed by atoms with Crippen LogP contribution >= 0.6 is 0 Å². The van der Waals surface area contributed by atoms with Gasteiger partial charge in [0.15, 0.2) is 0 Å². The van der Waals surface area contributed by atoms with Gasteiger partial charge in [-0.2, -0.15) is 0 Å². The van der Waals surface area contributed by atoms with E-state index >= 15 is 0 Å². The van der Waals surface area contributed by atoms with Gasteiger partial charge in [0.1, 0.15) is 5.75 Å². The van der Waals surface area contributed by atoms with Crippen LogP contribution < -0.4 is 4.74 Å². The monoisotopic (exact) mass is 236 g/mol. The molecule has 0 N–H and O–H groups in total. The first kappa shape index (κ1) is 13.6. The largest absolute Gasteiger partial charge is 0.494 e. The Morgan fingerprint density at radius 1 is 1.18 bits per heavy atom. The van der Waals surface area contributed by atoms with E-state index in [1.165, 1.54) is 5.56 Å². The number of esters is 1. The predicted molar refractivity (Wildman–Crippen MR) is 67.2 cm³/mol. The van der Waals surface area contributed by atoms with Crippen molar-refractivity contribution < 1.29 is 14.3 Å². The highest BCUT2D eigenvalue weighted by Gasteiger charge is 2.00. The zero-order valence-corrected chi connectivity index (χ0v) is 10.6. The number of carbonyl (C=O) groups excluding carboxylic acids is 1. The Bertz CT molecular complexity index is 330. The summed E-state index contributed by atoms with van der Waals surface area (Å²) in [6.07, 6.45) is 2.16. The minimum absolute atomic E-state index is 0.122. The van der Waals surface area contributed by atoms with Gasteiger partial charge < -0.3 is 9.47 Å². The Balaban J connectivity index is 2.08. The molecule has 0 aliphatic heterocycles. The lowest BCUT2D eigenvalue weighted by molar-refractivity contribution is -0.143. The maximum atomic E-state index is 11.1. The van der Waals surface area contributed by atoms with Crippen LogP contribution in [0.4, 0.5) is 0 Å². The summed E-state index contributed by atoms with van der Waals surface area (Å²) in [5.74, 6) is 0.759. The van der Waals surface area contributed by atoms with Crippen LogP contribution in [0.25, 0.3) is 0 Å². The molecule has 0 saturated heterocycles. The first-order valence-corrected chi connectivity index (χ1v) is 6.07. The summed E-state index contributed by atoms with van der Waals surface area (Å²) in [6.45, 7) is 4.96. The first-order chi connectivity index (χ1) is 8.22. The molecule has 1 aromatic carbocycles. The van der Waals surface area contributed by atoms with Gasteiger partial charge in [-0.25, -0.2) is 0 Å². The minimum Gasteiger partial charge on any atom is -0.494 e. The third-order valence-electron chi connectivity index (χ3n) is 2.37. The average Bonchev–Trinajstić information content (AvgIpc) is 2.31. The molecule has 94 valence electrons.